The SMILES string of the molecule is C=C(C)CCNC1CCN(C)C1=O. The molecule has 1 N–H and O–H groups in total. The third-order valence-electron chi connectivity index (χ3n) is 2.37. The quantitative estimate of drug-likeness (QED) is 0.651. The molecule has 1 rings (SSSR count). The zero-order valence-corrected chi connectivity index (χ0v) is 8.47. The normalized spacial score (nSPS) is 22.5. The number of likely N-dealkylation sites (tertiary alicyclic amines) is 1. The molecule has 3 heteroatoms. The molecule has 1 unspecified atom stereocenters. The van der Waals surface area contributed by atoms with Gasteiger partial charge in [0.25, 0.3) is 0 Å². The maximum absolute atomic E-state index is 11.4. The number of carbonyl (C=O) groups is 1. The van der Waals surface area contributed by atoms with E-state index in [0.29, 0.717) is 0 Å². The lowest BCUT2D eigenvalue weighted by molar-refractivity contribution is -0.128. The summed E-state index contributed by atoms with van der Waals surface area (Å²) in [7, 11) is 1.85. The molecule has 1 amide bonds. The van der Waals surface area contributed by atoms with Crippen LogP contribution in [0.1, 0.15) is 19.8 Å². The van der Waals surface area contributed by atoms with E-state index in [1.165, 1.54) is 0 Å². The fourth-order valence-electron chi connectivity index (χ4n) is 1.47. The Morgan fingerprint density at radius 2 is 2.46 bits per heavy atom. The van der Waals surface area contributed by atoms with Crippen LogP contribution in [-0.2, 0) is 4.79 Å². The molecule has 0 bridgehead atoms. The monoisotopic (exact) mass is 182 g/mol. The molecular weight excluding hydrogens is 164 g/mol. The molecule has 1 heterocycles. The Kier molecular flexibility index (Phi) is 3.48. The van der Waals surface area contributed by atoms with Gasteiger partial charge in [-0.3, -0.25) is 4.79 Å². The van der Waals surface area contributed by atoms with E-state index in [1.807, 2.05) is 14.0 Å². The first kappa shape index (κ1) is 10.3. The van der Waals surface area contributed by atoms with Crippen LogP contribution in [0.15, 0.2) is 12.2 Å². The lowest BCUT2D eigenvalue weighted by atomic mass is 10.2. The van der Waals surface area contributed by atoms with Crippen molar-refractivity contribution in [1.29, 1.82) is 0 Å². The Morgan fingerprint density at radius 1 is 1.77 bits per heavy atom. The summed E-state index contributed by atoms with van der Waals surface area (Å²) < 4.78 is 0. The van der Waals surface area contributed by atoms with E-state index < -0.39 is 0 Å². The second-order valence-corrected chi connectivity index (χ2v) is 3.76. The van der Waals surface area contributed by atoms with E-state index in [1.54, 1.807) is 4.90 Å². The molecule has 1 saturated heterocycles. The first-order chi connectivity index (χ1) is 6.11. The Labute approximate surface area is 79.8 Å². The average Bonchev–Trinajstić information content (AvgIpc) is 2.35. The summed E-state index contributed by atoms with van der Waals surface area (Å²) in [4.78, 5) is 13.2. The van der Waals surface area contributed by atoms with Crippen molar-refractivity contribution >= 4 is 5.91 Å². The summed E-state index contributed by atoms with van der Waals surface area (Å²) in [6.07, 6.45) is 1.89. The van der Waals surface area contributed by atoms with Gasteiger partial charge in [-0.2, -0.15) is 0 Å². The van der Waals surface area contributed by atoms with E-state index in [4.69, 9.17) is 0 Å². The highest BCUT2D eigenvalue weighted by atomic mass is 16.2. The zero-order valence-electron chi connectivity index (χ0n) is 8.47. The van der Waals surface area contributed by atoms with E-state index in [0.717, 1.165) is 31.5 Å². The van der Waals surface area contributed by atoms with Gasteiger partial charge in [-0.25, -0.2) is 0 Å². The van der Waals surface area contributed by atoms with Gasteiger partial charge in [0.15, 0.2) is 0 Å². The number of nitrogens with zero attached hydrogens (tertiary/aromatic N) is 1. The van der Waals surface area contributed by atoms with E-state index in [2.05, 4.69) is 11.9 Å². The second kappa shape index (κ2) is 4.42. The van der Waals surface area contributed by atoms with Gasteiger partial charge in [0.2, 0.25) is 5.91 Å². The van der Waals surface area contributed by atoms with Crippen LogP contribution in [0.3, 0.4) is 0 Å². The Bertz CT molecular complexity index is 213. The highest BCUT2D eigenvalue weighted by Gasteiger charge is 2.27. The van der Waals surface area contributed by atoms with Crippen LogP contribution in [0.25, 0.3) is 0 Å². The summed E-state index contributed by atoms with van der Waals surface area (Å²) in [6.45, 7) is 7.56. The summed E-state index contributed by atoms with van der Waals surface area (Å²) in [5.41, 5.74) is 1.16. The lowest BCUT2D eigenvalue weighted by Gasteiger charge is -2.11. The van der Waals surface area contributed by atoms with Crippen molar-refractivity contribution in [3.05, 3.63) is 12.2 Å². The molecule has 0 saturated carbocycles. The molecule has 13 heavy (non-hydrogen) atoms. The number of hydrogen-bond donors (Lipinski definition) is 1. The van der Waals surface area contributed by atoms with Crippen LogP contribution < -0.4 is 5.32 Å². The molecule has 1 atom stereocenters. The van der Waals surface area contributed by atoms with Gasteiger partial charge in [-0.15, -0.1) is 6.58 Å². The molecule has 1 fully saturated rings. The van der Waals surface area contributed by atoms with Gasteiger partial charge in [0, 0.05) is 13.6 Å². The number of nitrogens with one attached hydrogen (secondary N) is 1. The number of hydrogen-bond acceptors (Lipinski definition) is 2. The van der Waals surface area contributed by atoms with Crippen LogP contribution in [0.2, 0.25) is 0 Å². The Balaban J connectivity index is 2.23. The lowest BCUT2D eigenvalue weighted by Crippen LogP contribution is -2.37. The van der Waals surface area contributed by atoms with Crippen molar-refractivity contribution in [3.63, 3.8) is 0 Å². The minimum Gasteiger partial charge on any atom is -0.344 e. The third-order valence-corrected chi connectivity index (χ3v) is 2.37. The van der Waals surface area contributed by atoms with Crippen molar-refractivity contribution in [2.45, 2.75) is 25.8 Å². The summed E-state index contributed by atoms with van der Waals surface area (Å²) >= 11 is 0. The average molecular weight is 182 g/mol. The Hall–Kier alpha value is -0.830. The molecule has 0 aromatic rings. The van der Waals surface area contributed by atoms with Crippen LogP contribution in [0.4, 0.5) is 0 Å². The largest absolute Gasteiger partial charge is 0.344 e. The van der Waals surface area contributed by atoms with Gasteiger partial charge in [0.1, 0.15) is 0 Å². The van der Waals surface area contributed by atoms with Crippen molar-refractivity contribution in [2.24, 2.45) is 0 Å². The molecule has 0 aromatic heterocycles. The van der Waals surface area contributed by atoms with Crippen LogP contribution in [0.5, 0.6) is 0 Å². The molecule has 1 aliphatic rings. The van der Waals surface area contributed by atoms with Crippen molar-refractivity contribution < 1.29 is 4.79 Å². The molecule has 3 nitrogen and oxygen atoms in total. The van der Waals surface area contributed by atoms with Gasteiger partial charge < -0.3 is 10.2 Å². The number of rotatable bonds is 4. The van der Waals surface area contributed by atoms with Gasteiger partial charge in [-0.05, 0) is 26.3 Å². The molecule has 0 aromatic carbocycles. The van der Waals surface area contributed by atoms with E-state index in [-0.39, 0.29) is 11.9 Å². The first-order valence-corrected chi connectivity index (χ1v) is 4.74. The first-order valence-electron chi connectivity index (χ1n) is 4.74. The number of likely N-dealkylation sites (N-methyl/N-ethyl adjacent to an activating group) is 1. The van der Waals surface area contributed by atoms with Crippen molar-refractivity contribution in [2.75, 3.05) is 20.1 Å². The maximum atomic E-state index is 11.4. The highest BCUT2D eigenvalue weighted by Crippen LogP contribution is 2.08. The van der Waals surface area contributed by atoms with Crippen LogP contribution in [0, 0.1) is 0 Å². The van der Waals surface area contributed by atoms with Gasteiger partial charge in [-0.1, -0.05) is 5.57 Å². The minimum atomic E-state index is 0.0457. The highest BCUT2D eigenvalue weighted by molar-refractivity contribution is 5.83. The van der Waals surface area contributed by atoms with Gasteiger partial charge in [0.05, 0.1) is 6.04 Å². The summed E-state index contributed by atoms with van der Waals surface area (Å²) in [6, 6.07) is 0.0457. The molecule has 74 valence electrons. The standard InChI is InChI=1S/C10H18N2O/c1-8(2)4-6-11-9-5-7-12(3)10(9)13/h9,11H,1,4-7H2,2-3H3. The van der Waals surface area contributed by atoms with Crippen LogP contribution >= 0.6 is 0 Å². The molecule has 0 radical (unpaired) electrons. The van der Waals surface area contributed by atoms with Crippen molar-refractivity contribution in [1.82, 2.24) is 10.2 Å². The molecule has 0 spiro atoms. The number of amides is 1. The third kappa shape index (κ3) is 2.84. The summed E-state index contributed by atoms with van der Waals surface area (Å²) in [5, 5.41) is 3.24. The van der Waals surface area contributed by atoms with Crippen molar-refractivity contribution in [3.8, 4) is 0 Å². The van der Waals surface area contributed by atoms with E-state index in [9.17, 15) is 4.79 Å². The maximum Gasteiger partial charge on any atom is 0.239 e. The van der Waals surface area contributed by atoms with Gasteiger partial charge >= 0.3 is 0 Å². The van der Waals surface area contributed by atoms with Crippen LogP contribution in [-0.4, -0.2) is 37.0 Å². The second-order valence-electron chi connectivity index (χ2n) is 3.76. The molecular formula is C10H18N2O. The molecule has 0 aliphatic carbocycles. The fourth-order valence-corrected chi connectivity index (χ4v) is 1.47. The Morgan fingerprint density at radius 3 is 2.92 bits per heavy atom. The van der Waals surface area contributed by atoms with E-state index >= 15 is 0 Å². The fraction of sp³-hybridized carbons (Fsp3) is 0.700. The predicted octanol–water partition coefficient (Wildman–Crippen LogP) is 0.773. The predicted molar refractivity (Wildman–Crippen MR) is 53.5 cm³/mol. The number of carbonyl (C=O) groups excluding carboxylic acids is 1. The molecule has 1 aliphatic heterocycles. The smallest absolute Gasteiger partial charge is 0.239 e. The summed E-state index contributed by atoms with van der Waals surface area (Å²) in [5.74, 6) is 0.224. The topological polar surface area (TPSA) is 32.3 Å². The minimum absolute atomic E-state index is 0.0457. The zero-order chi connectivity index (χ0) is 9.84.